The lowest BCUT2D eigenvalue weighted by atomic mass is 9.99. The average molecular weight is 293 g/mol. The molecular formula is C13H15N3O5. The fraction of sp³-hybridized carbons (Fsp3) is 0.308. The summed E-state index contributed by atoms with van der Waals surface area (Å²) < 4.78 is 6.46. The molecule has 1 aromatic carbocycles. The van der Waals surface area contributed by atoms with Gasteiger partial charge in [0.2, 0.25) is 0 Å². The van der Waals surface area contributed by atoms with Crippen LogP contribution < -0.4 is 4.74 Å². The Labute approximate surface area is 120 Å². The number of nitro groups is 1. The number of hydrogen-bond acceptors (Lipinski definition) is 6. The van der Waals surface area contributed by atoms with Crippen LogP contribution in [0.4, 0.5) is 5.69 Å². The lowest BCUT2D eigenvalue weighted by Gasteiger charge is -2.11. The topological polar surface area (TPSA) is 111 Å². The van der Waals surface area contributed by atoms with Crippen molar-refractivity contribution in [2.24, 2.45) is 7.05 Å². The second kappa shape index (κ2) is 5.90. The first-order valence-corrected chi connectivity index (χ1v) is 6.11. The zero-order valence-electron chi connectivity index (χ0n) is 11.6. The Bertz CT molecular complexity index is 681. The molecule has 0 aliphatic rings. The number of hydrogen-bond donors (Lipinski definition) is 2. The SMILES string of the molecule is COc1cc(CO)c(-c2cnn(C)c2CO)cc1[N+](=O)[O-]. The summed E-state index contributed by atoms with van der Waals surface area (Å²) in [5.74, 6) is 0.0715. The predicted molar refractivity (Wildman–Crippen MR) is 73.7 cm³/mol. The number of nitro benzene ring substituents is 1. The van der Waals surface area contributed by atoms with Crippen LogP contribution in [0.15, 0.2) is 18.3 Å². The molecule has 0 bridgehead atoms. The maximum atomic E-state index is 11.1. The number of aliphatic hydroxyl groups is 2. The Morgan fingerprint density at radius 1 is 1.33 bits per heavy atom. The van der Waals surface area contributed by atoms with Gasteiger partial charge in [-0.2, -0.15) is 5.10 Å². The van der Waals surface area contributed by atoms with E-state index in [-0.39, 0.29) is 24.7 Å². The number of ether oxygens (including phenoxy) is 1. The zero-order chi connectivity index (χ0) is 15.6. The Morgan fingerprint density at radius 2 is 2.05 bits per heavy atom. The Morgan fingerprint density at radius 3 is 2.57 bits per heavy atom. The maximum absolute atomic E-state index is 11.1. The summed E-state index contributed by atoms with van der Waals surface area (Å²) in [4.78, 5) is 10.6. The minimum atomic E-state index is -0.557. The normalized spacial score (nSPS) is 10.7. The van der Waals surface area contributed by atoms with Crippen LogP contribution in [-0.4, -0.2) is 32.0 Å². The van der Waals surface area contributed by atoms with E-state index in [0.717, 1.165) is 0 Å². The first-order valence-electron chi connectivity index (χ1n) is 6.11. The molecule has 112 valence electrons. The van der Waals surface area contributed by atoms with E-state index in [2.05, 4.69) is 5.10 Å². The molecule has 1 heterocycles. The van der Waals surface area contributed by atoms with E-state index in [0.29, 0.717) is 22.4 Å². The van der Waals surface area contributed by atoms with Crippen molar-refractivity contribution in [1.82, 2.24) is 9.78 Å². The van der Waals surface area contributed by atoms with Gasteiger partial charge in [0.25, 0.3) is 0 Å². The third-order valence-electron chi connectivity index (χ3n) is 3.27. The number of aliphatic hydroxyl groups excluding tert-OH is 2. The molecule has 0 amide bonds. The summed E-state index contributed by atoms with van der Waals surface area (Å²) in [5, 5.41) is 34.0. The zero-order valence-corrected chi connectivity index (χ0v) is 11.6. The number of methoxy groups -OCH3 is 1. The van der Waals surface area contributed by atoms with E-state index in [1.165, 1.54) is 30.1 Å². The van der Waals surface area contributed by atoms with E-state index in [9.17, 15) is 20.3 Å². The highest BCUT2D eigenvalue weighted by Crippen LogP contribution is 2.36. The van der Waals surface area contributed by atoms with Crippen molar-refractivity contribution >= 4 is 5.69 Å². The van der Waals surface area contributed by atoms with E-state index in [4.69, 9.17) is 4.74 Å². The van der Waals surface area contributed by atoms with Crippen LogP contribution in [0, 0.1) is 10.1 Å². The largest absolute Gasteiger partial charge is 0.490 e. The summed E-state index contributed by atoms with van der Waals surface area (Å²) in [6.07, 6.45) is 1.50. The van der Waals surface area contributed by atoms with Crippen molar-refractivity contribution in [1.29, 1.82) is 0 Å². The quantitative estimate of drug-likeness (QED) is 0.628. The standard InChI is InChI=1S/C13H15N3O5/c1-15-12(7-18)10(5-14-15)9-4-11(16(19)20)13(21-2)3-8(9)6-17/h3-5,17-18H,6-7H2,1-2H3. The van der Waals surface area contributed by atoms with Crippen LogP contribution >= 0.6 is 0 Å². The highest BCUT2D eigenvalue weighted by molar-refractivity contribution is 5.74. The van der Waals surface area contributed by atoms with Crippen molar-refractivity contribution in [3.8, 4) is 16.9 Å². The van der Waals surface area contributed by atoms with Gasteiger partial charge in [-0.1, -0.05) is 0 Å². The van der Waals surface area contributed by atoms with Gasteiger partial charge in [-0.3, -0.25) is 14.8 Å². The van der Waals surface area contributed by atoms with Crippen LogP contribution in [0.25, 0.3) is 11.1 Å². The molecule has 0 atom stereocenters. The molecule has 2 N–H and O–H groups in total. The van der Waals surface area contributed by atoms with Crippen LogP contribution in [0.1, 0.15) is 11.3 Å². The number of nitrogens with zero attached hydrogens (tertiary/aromatic N) is 3. The van der Waals surface area contributed by atoms with Crippen molar-refractivity contribution < 1.29 is 19.9 Å². The molecule has 0 fully saturated rings. The molecule has 0 aliphatic carbocycles. The Hall–Kier alpha value is -2.45. The molecule has 2 aromatic rings. The first-order chi connectivity index (χ1) is 10.0. The molecule has 0 saturated carbocycles. The van der Waals surface area contributed by atoms with Crippen molar-refractivity contribution in [3.05, 3.63) is 39.7 Å². The first kappa shape index (κ1) is 14.9. The van der Waals surface area contributed by atoms with Crippen LogP contribution in [0.2, 0.25) is 0 Å². The van der Waals surface area contributed by atoms with Gasteiger partial charge in [-0.05, 0) is 17.2 Å². The molecule has 1 aromatic heterocycles. The van der Waals surface area contributed by atoms with E-state index in [1.54, 1.807) is 7.05 Å². The number of benzene rings is 1. The molecule has 8 heteroatoms. The van der Waals surface area contributed by atoms with Gasteiger partial charge >= 0.3 is 5.69 Å². The lowest BCUT2D eigenvalue weighted by Crippen LogP contribution is -2.01. The van der Waals surface area contributed by atoms with Crippen molar-refractivity contribution in [3.63, 3.8) is 0 Å². The van der Waals surface area contributed by atoms with Gasteiger partial charge < -0.3 is 14.9 Å². The number of aromatic nitrogens is 2. The summed E-state index contributed by atoms with van der Waals surface area (Å²) in [5.41, 5.74) is 1.73. The predicted octanol–water partition coefficient (Wildman–Crippen LogP) is 0.988. The highest BCUT2D eigenvalue weighted by atomic mass is 16.6. The summed E-state index contributed by atoms with van der Waals surface area (Å²) >= 11 is 0. The molecule has 0 unspecified atom stereocenters. The summed E-state index contributed by atoms with van der Waals surface area (Å²) in [6, 6.07) is 2.74. The minimum absolute atomic E-state index is 0.0715. The van der Waals surface area contributed by atoms with E-state index >= 15 is 0 Å². The smallest absolute Gasteiger partial charge is 0.311 e. The fourth-order valence-electron chi connectivity index (χ4n) is 2.17. The monoisotopic (exact) mass is 293 g/mol. The van der Waals surface area contributed by atoms with Gasteiger partial charge in [0.1, 0.15) is 0 Å². The fourth-order valence-corrected chi connectivity index (χ4v) is 2.17. The van der Waals surface area contributed by atoms with Crippen LogP contribution in [0.3, 0.4) is 0 Å². The van der Waals surface area contributed by atoms with E-state index in [1.807, 2.05) is 0 Å². The Kier molecular flexibility index (Phi) is 4.20. The summed E-state index contributed by atoms with van der Waals surface area (Å²) in [7, 11) is 2.98. The molecule has 2 rings (SSSR count). The number of rotatable bonds is 5. The van der Waals surface area contributed by atoms with Gasteiger partial charge in [-0.15, -0.1) is 0 Å². The molecule has 0 saturated heterocycles. The van der Waals surface area contributed by atoms with E-state index < -0.39 is 4.92 Å². The summed E-state index contributed by atoms with van der Waals surface area (Å²) in [6.45, 7) is -0.583. The number of aryl methyl sites for hydroxylation is 1. The maximum Gasteiger partial charge on any atom is 0.311 e. The molecule has 0 aliphatic heterocycles. The minimum Gasteiger partial charge on any atom is -0.490 e. The van der Waals surface area contributed by atoms with Crippen LogP contribution in [0.5, 0.6) is 5.75 Å². The average Bonchev–Trinajstić information content (AvgIpc) is 2.86. The van der Waals surface area contributed by atoms with Gasteiger partial charge in [0, 0.05) is 18.7 Å². The van der Waals surface area contributed by atoms with Crippen molar-refractivity contribution in [2.75, 3.05) is 7.11 Å². The molecule has 8 nitrogen and oxygen atoms in total. The van der Waals surface area contributed by atoms with Gasteiger partial charge in [0.05, 0.1) is 37.1 Å². The second-order valence-electron chi connectivity index (χ2n) is 4.38. The highest BCUT2D eigenvalue weighted by Gasteiger charge is 2.22. The molecule has 21 heavy (non-hydrogen) atoms. The third-order valence-corrected chi connectivity index (χ3v) is 3.27. The van der Waals surface area contributed by atoms with Crippen molar-refractivity contribution in [2.45, 2.75) is 13.2 Å². The van der Waals surface area contributed by atoms with Gasteiger partial charge in [0.15, 0.2) is 5.75 Å². The van der Waals surface area contributed by atoms with Gasteiger partial charge in [-0.25, -0.2) is 0 Å². The third kappa shape index (κ3) is 2.58. The molecule has 0 radical (unpaired) electrons. The van der Waals surface area contributed by atoms with Crippen LogP contribution in [-0.2, 0) is 20.3 Å². The second-order valence-corrected chi connectivity index (χ2v) is 4.38. The Balaban J connectivity index is 2.72. The lowest BCUT2D eigenvalue weighted by molar-refractivity contribution is -0.385. The molecular weight excluding hydrogens is 278 g/mol. The molecule has 0 spiro atoms.